The second kappa shape index (κ2) is 9.06. The third-order valence-corrected chi connectivity index (χ3v) is 5.79. The molecule has 0 saturated heterocycles. The molecule has 0 fully saturated rings. The molecule has 2 amide bonds. The maximum absolute atomic E-state index is 13.0. The smallest absolute Gasteiger partial charge is 0.242 e. The quantitative estimate of drug-likeness (QED) is 0.699. The van der Waals surface area contributed by atoms with Gasteiger partial charge in [-0.2, -0.15) is 0 Å². The molecule has 1 aliphatic rings. The lowest BCUT2D eigenvalue weighted by Gasteiger charge is -2.36. The molecule has 0 bridgehead atoms. The van der Waals surface area contributed by atoms with Crippen LogP contribution in [-0.4, -0.2) is 24.4 Å². The molecule has 2 aromatic rings. The van der Waals surface area contributed by atoms with E-state index in [0.717, 1.165) is 41.9 Å². The number of fused-ring (bicyclic) bond motifs is 1. The molecule has 0 unspecified atom stereocenters. The number of hydrogen-bond donors (Lipinski definition) is 2. The standard InChI is InChI=1S/C22H25Cl2N3O2/c1-13(17-10-9-16(23)12-19(17)24)25-22(29)14(2)27-11-5-6-18-20(26-15(3)28)7-4-8-21(18)27/h4,7-10,12-14H,5-6,11H2,1-3H3,(H,25,29)(H,26,28)/t13-,14+/m1/s1. The summed E-state index contributed by atoms with van der Waals surface area (Å²) in [6.45, 7) is 6.07. The molecule has 7 heteroatoms. The monoisotopic (exact) mass is 433 g/mol. The summed E-state index contributed by atoms with van der Waals surface area (Å²) in [6.07, 6.45) is 1.78. The van der Waals surface area contributed by atoms with Gasteiger partial charge in [-0.05, 0) is 62.1 Å². The van der Waals surface area contributed by atoms with Gasteiger partial charge in [-0.1, -0.05) is 35.3 Å². The molecular formula is C22H25Cl2N3O2. The lowest BCUT2D eigenvalue weighted by Crippen LogP contribution is -2.48. The topological polar surface area (TPSA) is 61.4 Å². The predicted molar refractivity (Wildman–Crippen MR) is 119 cm³/mol. The number of carbonyl (C=O) groups excluding carboxylic acids is 2. The molecular weight excluding hydrogens is 409 g/mol. The van der Waals surface area contributed by atoms with Gasteiger partial charge in [-0.15, -0.1) is 0 Å². The molecule has 1 aliphatic heterocycles. The Labute approximate surface area is 181 Å². The molecule has 0 aromatic heterocycles. The minimum absolute atomic E-state index is 0.0821. The maximum atomic E-state index is 13.0. The first-order valence-electron chi connectivity index (χ1n) is 9.69. The number of anilines is 2. The second-order valence-electron chi connectivity index (χ2n) is 7.35. The Bertz CT molecular complexity index is 932. The summed E-state index contributed by atoms with van der Waals surface area (Å²) in [7, 11) is 0. The fourth-order valence-electron chi connectivity index (χ4n) is 3.77. The van der Waals surface area contributed by atoms with E-state index in [2.05, 4.69) is 15.5 Å². The number of rotatable bonds is 5. The van der Waals surface area contributed by atoms with Crippen LogP contribution in [0, 0.1) is 0 Å². The van der Waals surface area contributed by atoms with Crippen molar-refractivity contribution in [2.45, 2.75) is 45.7 Å². The summed E-state index contributed by atoms with van der Waals surface area (Å²) < 4.78 is 0. The molecule has 2 aromatic carbocycles. The van der Waals surface area contributed by atoms with Crippen LogP contribution in [0.15, 0.2) is 36.4 Å². The van der Waals surface area contributed by atoms with Gasteiger partial charge in [0.25, 0.3) is 0 Å². The van der Waals surface area contributed by atoms with Crippen LogP contribution < -0.4 is 15.5 Å². The van der Waals surface area contributed by atoms with E-state index in [1.165, 1.54) is 6.92 Å². The normalized spacial score (nSPS) is 15.3. The van der Waals surface area contributed by atoms with Crippen LogP contribution >= 0.6 is 23.2 Å². The summed E-state index contributed by atoms with van der Waals surface area (Å²) in [5.74, 6) is -0.184. The van der Waals surface area contributed by atoms with Crippen molar-refractivity contribution >= 4 is 46.4 Å². The van der Waals surface area contributed by atoms with Gasteiger partial charge in [0.2, 0.25) is 11.8 Å². The van der Waals surface area contributed by atoms with Gasteiger partial charge in [0.1, 0.15) is 6.04 Å². The fraction of sp³-hybridized carbons (Fsp3) is 0.364. The zero-order valence-corrected chi connectivity index (χ0v) is 18.3. The number of nitrogens with one attached hydrogen (secondary N) is 2. The largest absolute Gasteiger partial charge is 0.359 e. The van der Waals surface area contributed by atoms with Crippen molar-refractivity contribution < 1.29 is 9.59 Å². The maximum Gasteiger partial charge on any atom is 0.242 e. The summed E-state index contributed by atoms with van der Waals surface area (Å²) in [6, 6.07) is 10.5. The van der Waals surface area contributed by atoms with E-state index < -0.39 is 0 Å². The molecule has 29 heavy (non-hydrogen) atoms. The number of benzene rings is 2. The van der Waals surface area contributed by atoms with E-state index in [1.807, 2.05) is 38.1 Å². The lowest BCUT2D eigenvalue weighted by molar-refractivity contribution is -0.122. The van der Waals surface area contributed by atoms with E-state index in [4.69, 9.17) is 23.2 Å². The van der Waals surface area contributed by atoms with Gasteiger partial charge in [-0.25, -0.2) is 0 Å². The number of amides is 2. The highest BCUT2D eigenvalue weighted by atomic mass is 35.5. The van der Waals surface area contributed by atoms with Crippen molar-refractivity contribution in [1.82, 2.24) is 5.32 Å². The first-order valence-corrected chi connectivity index (χ1v) is 10.4. The molecule has 0 spiro atoms. The first kappa shape index (κ1) is 21.5. The number of hydrogen-bond acceptors (Lipinski definition) is 3. The Balaban J connectivity index is 1.78. The van der Waals surface area contributed by atoms with Crippen LogP contribution in [0.4, 0.5) is 11.4 Å². The third kappa shape index (κ3) is 4.85. The lowest BCUT2D eigenvalue weighted by atomic mass is 9.98. The van der Waals surface area contributed by atoms with E-state index >= 15 is 0 Å². The van der Waals surface area contributed by atoms with E-state index in [0.29, 0.717) is 10.0 Å². The molecule has 0 saturated carbocycles. The average Bonchev–Trinajstić information content (AvgIpc) is 2.66. The molecule has 2 atom stereocenters. The van der Waals surface area contributed by atoms with E-state index in [-0.39, 0.29) is 23.9 Å². The Morgan fingerprint density at radius 2 is 1.90 bits per heavy atom. The second-order valence-corrected chi connectivity index (χ2v) is 8.20. The number of nitrogens with zero attached hydrogens (tertiary/aromatic N) is 1. The van der Waals surface area contributed by atoms with Crippen molar-refractivity contribution in [2.75, 3.05) is 16.8 Å². The van der Waals surface area contributed by atoms with Gasteiger partial charge in [-0.3, -0.25) is 9.59 Å². The summed E-state index contributed by atoms with van der Waals surface area (Å²) in [4.78, 5) is 26.6. The number of halogens is 2. The predicted octanol–water partition coefficient (Wildman–Crippen LogP) is 4.97. The van der Waals surface area contributed by atoms with Crippen molar-refractivity contribution in [3.05, 3.63) is 57.6 Å². The molecule has 5 nitrogen and oxygen atoms in total. The van der Waals surface area contributed by atoms with E-state index in [1.54, 1.807) is 12.1 Å². The zero-order valence-electron chi connectivity index (χ0n) is 16.8. The molecule has 0 aliphatic carbocycles. The van der Waals surface area contributed by atoms with Gasteiger partial charge in [0.05, 0.1) is 6.04 Å². The summed E-state index contributed by atoms with van der Waals surface area (Å²) in [5, 5.41) is 7.04. The molecule has 1 heterocycles. The molecule has 3 rings (SSSR count). The SMILES string of the molecule is CC(=O)Nc1cccc2c1CCCN2[C@@H](C)C(=O)N[C@H](C)c1ccc(Cl)cc1Cl. The van der Waals surface area contributed by atoms with Crippen LogP contribution in [-0.2, 0) is 16.0 Å². The van der Waals surface area contributed by atoms with Crippen LogP contribution in [0.1, 0.15) is 44.4 Å². The molecule has 0 radical (unpaired) electrons. The van der Waals surface area contributed by atoms with Crippen LogP contribution in [0.25, 0.3) is 0 Å². The van der Waals surface area contributed by atoms with Gasteiger partial charge < -0.3 is 15.5 Å². The van der Waals surface area contributed by atoms with E-state index in [9.17, 15) is 9.59 Å². The summed E-state index contributed by atoms with van der Waals surface area (Å²) in [5.41, 5.74) is 3.70. The highest BCUT2D eigenvalue weighted by molar-refractivity contribution is 6.35. The Morgan fingerprint density at radius 1 is 1.14 bits per heavy atom. The van der Waals surface area contributed by atoms with Crippen molar-refractivity contribution in [1.29, 1.82) is 0 Å². The third-order valence-electron chi connectivity index (χ3n) is 5.23. The van der Waals surface area contributed by atoms with Gasteiger partial charge in [0, 0.05) is 34.9 Å². The van der Waals surface area contributed by atoms with Crippen LogP contribution in [0.3, 0.4) is 0 Å². The Kier molecular flexibility index (Phi) is 6.70. The minimum atomic E-state index is -0.366. The zero-order chi connectivity index (χ0) is 21.1. The molecule has 154 valence electrons. The molecule has 2 N–H and O–H groups in total. The highest BCUT2D eigenvalue weighted by Crippen LogP contribution is 2.34. The minimum Gasteiger partial charge on any atom is -0.359 e. The van der Waals surface area contributed by atoms with Crippen molar-refractivity contribution in [3.8, 4) is 0 Å². The van der Waals surface area contributed by atoms with Crippen LogP contribution in [0.5, 0.6) is 0 Å². The summed E-state index contributed by atoms with van der Waals surface area (Å²) >= 11 is 12.2. The van der Waals surface area contributed by atoms with Gasteiger partial charge >= 0.3 is 0 Å². The number of carbonyl (C=O) groups is 2. The van der Waals surface area contributed by atoms with Crippen molar-refractivity contribution in [3.63, 3.8) is 0 Å². The fourth-order valence-corrected chi connectivity index (χ4v) is 4.34. The van der Waals surface area contributed by atoms with Crippen molar-refractivity contribution in [2.24, 2.45) is 0 Å². The average molecular weight is 434 g/mol. The Hall–Kier alpha value is -2.24. The Morgan fingerprint density at radius 3 is 2.59 bits per heavy atom. The first-order chi connectivity index (χ1) is 13.8. The van der Waals surface area contributed by atoms with Crippen LogP contribution in [0.2, 0.25) is 10.0 Å². The van der Waals surface area contributed by atoms with Gasteiger partial charge in [0.15, 0.2) is 0 Å². The highest BCUT2D eigenvalue weighted by Gasteiger charge is 2.28.